The van der Waals surface area contributed by atoms with E-state index in [1.807, 2.05) is 4.90 Å². The van der Waals surface area contributed by atoms with Crippen LogP contribution < -0.4 is 9.80 Å². The van der Waals surface area contributed by atoms with Crippen molar-refractivity contribution < 1.29 is 9.80 Å². The van der Waals surface area contributed by atoms with Crippen LogP contribution in [0.1, 0.15) is 50.2 Å². The van der Waals surface area contributed by atoms with E-state index in [-0.39, 0.29) is 0 Å². The first-order valence-electron chi connectivity index (χ1n) is 9.11. The van der Waals surface area contributed by atoms with Crippen molar-refractivity contribution in [3.8, 4) is 0 Å². The predicted molar refractivity (Wildman–Crippen MR) is 87.8 cm³/mol. The summed E-state index contributed by atoms with van der Waals surface area (Å²) in [6.07, 6.45) is 8.44. The second kappa shape index (κ2) is 7.42. The molecule has 2 nitrogen and oxygen atoms in total. The molecule has 2 N–H and O–H groups in total. The van der Waals surface area contributed by atoms with Crippen molar-refractivity contribution in [3.05, 3.63) is 35.4 Å². The van der Waals surface area contributed by atoms with Gasteiger partial charge in [0.2, 0.25) is 0 Å². The molecule has 0 aliphatic carbocycles. The highest BCUT2D eigenvalue weighted by atomic mass is 15.2. The van der Waals surface area contributed by atoms with Crippen LogP contribution in [-0.2, 0) is 13.0 Å². The standard InChI is InChI=1S/C19H30N2/c1-2-17-6-8-18(9-7-17)16-20-14-10-19(11-15-20)21-12-4-3-5-13-21/h6-9,19H,2-5,10-16H2,1H3/p+2. The third-order valence-electron chi connectivity index (χ3n) is 5.65. The molecule has 0 radical (unpaired) electrons. The number of aryl methyl sites for hydroxylation is 1. The Kier molecular flexibility index (Phi) is 5.32. The molecular weight excluding hydrogens is 256 g/mol. The second-order valence-corrected chi connectivity index (χ2v) is 7.09. The van der Waals surface area contributed by atoms with E-state index in [2.05, 4.69) is 31.2 Å². The lowest BCUT2D eigenvalue weighted by molar-refractivity contribution is -0.965. The van der Waals surface area contributed by atoms with Crippen molar-refractivity contribution in [1.29, 1.82) is 0 Å². The molecule has 0 aromatic heterocycles. The Labute approximate surface area is 130 Å². The minimum Gasteiger partial charge on any atom is -0.332 e. The molecule has 0 atom stereocenters. The zero-order chi connectivity index (χ0) is 14.5. The van der Waals surface area contributed by atoms with Crippen LogP contribution in [0.5, 0.6) is 0 Å². The summed E-state index contributed by atoms with van der Waals surface area (Å²) in [6.45, 7) is 9.10. The molecule has 2 fully saturated rings. The lowest BCUT2D eigenvalue weighted by Gasteiger charge is -2.36. The van der Waals surface area contributed by atoms with Gasteiger partial charge in [-0.1, -0.05) is 31.2 Å². The molecule has 1 aromatic rings. The van der Waals surface area contributed by atoms with Crippen molar-refractivity contribution in [2.75, 3.05) is 26.2 Å². The van der Waals surface area contributed by atoms with Gasteiger partial charge in [0.15, 0.2) is 0 Å². The van der Waals surface area contributed by atoms with Crippen LogP contribution in [0.4, 0.5) is 0 Å². The van der Waals surface area contributed by atoms with Crippen LogP contribution in [0.15, 0.2) is 24.3 Å². The van der Waals surface area contributed by atoms with Crippen molar-refractivity contribution in [3.63, 3.8) is 0 Å². The molecule has 0 unspecified atom stereocenters. The lowest BCUT2D eigenvalue weighted by atomic mass is 9.99. The van der Waals surface area contributed by atoms with E-state index in [0.717, 1.165) is 12.5 Å². The molecule has 2 aliphatic heterocycles. The summed E-state index contributed by atoms with van der Waals surface area (Å²) in [5.41, 5.74) is 2.98. The molecule has 2 heteroatoms. The van der Waals surface area contributed by atoms with Crippen molar-refractivity contribution in [1.82, 2.24) is 0 Å². The van der Waals surface area contributed by atoms with Gasteiger partial charge in [-0.3, -0.25) is 0 Å². The number of likely N-dealkylation sites (tertiary alicyclic amines) is 2. The van der Waals surface area contributed by atoms with Crippen LogP contribution in [-0.4, -0.2) is 32.2 Å². The van der Waals surface area contributed by atoms with Crippen LogP contribution in [0.25, 0.3) is 0 Å². The molecule has 0 bridgehead atoms. The molecule has 116 valence electrons. The molecular formula is C19H32N2+2. The lowest BCUT2D eigenvalue weighted by Crippen LogP contribution is -3.20. The first kappa shape index (κ1) is 15.1. The maximum Gasteiger partial charge on any atom is 0.103 e. The van der Waals surface area contributed by atoms with Gasteiger partial charge in [-0.05, 0) is 31.2 Å². The number of quaternary nitrogens is 2. The van der Waals surface area contributed by atoms with E-state index in [9.17, 15) is 0 Å². The van der Waals surface area contributed by atoms with Crippen molar-refractivity contribution in [2.24, 2.45) is 0 Å². The number of hydrogen-bond donors (Lipinski definition) is 2. The third kappa shape index (κ3) is 4.08. The zero-order valence-electron chi connectivity index (χ0n) is 13.7. The molecule has 2 heterocycles. The Balaban J connectivity index is 1.46. The van der Waals surface area contributed by atoms with Gasteiger partial charge in [-0.25, -0.2) is 0 Å². The molecule has 21 heavy (non-hydrogen) atoms. The molecule has 2 aliphatic rings. The quantitative estimate of drug-likeness (QED) is 0.813. The van der Waals surface area contributed by atoms with Gasteiger partial charge in [-0.15, -0.1) is 0 Å². The van der Waals surface area contributed by atoms with Gasteiger partial charge in [-0.2, -0.15) is 0 Å². The summed E-state index contributed by atoms with van der Waals surface area (Å²) in [5, 5.41) is 0. The number of rotatable bonds is 4. The summed E-state index contributed by atoms with van der Waals surface area (Å²) in [6, 6.07) is 10.3. The van der Waals surface area contributed by atoms with Crippen molar-refractivity contribution >= 4 is 0 Å². The van der Waals surface area contributed by atoms with Crippen molar-refractivity contribution in [2.45, 2.75) is 58.0 Å². The highest BCUT2D eigenvalue weighted by Gasteiger charge is 2.30. The SMILES string of the molecule is CCc1ccc(C[NH+]2CCC([NH+]3CCCCC3)CC2)cc1. The second-order valence-electron chi connectivity index (χ2n) is 7.09. The van der Waals surface area contributed by atoms with Gasteiger partial charge in [0, 0.05) is 18.4 Å². The highest BCUT2D eigenvalue weighted by Crippen LogP contribution is 2.05. The number of hydrogen-bond acceptors (Lipinski definition) is 0. The van der Waals surface area contributed by atoms with Gasteiger partial charge < -0.3 is 9.80 Å². The molecule has 1 aromatic carbocycles. The van der Waals surface area contributed by atoms with Gasteiger partial charge in [0.05, 0.1) is 32.2 Å². The third-order valence-corrected chi connectivity index (χ3v) is 5.65. The fraction of sp³-hybridized carbons (Fsp3) is 0.684. The fourth-order valence-corrected chi connectivity index (χ4v) is 4.21. The van der Waals surface area contributed by atoms with E-state index in [4.69, 9.17) is 0 Å². The zero-order valence-corrected chi connectivity index (χ0v) is 13.7. The molecule has 0 spiro atoms. The largest absolute Gasteiger partial charge is 0.332 e. The van der Waals surface area contributed by atoms with E-state index in [0.29, 0.717) is 0 Å². The van der Waals surface area contributed by atoms with Crippen LogP contribution in [0.3, 0.4) is 0 Å². The number of nitrogens with one attached hydrogen (secondary N) is 2. The monoisotopic (exact) mass is 288 g/mol. The van der Waals surface area contributed by atoms with Crippen LogP contribution in [0.2, 0.25) is 0 Å². The van der Waals surface area contributed by atoms with Crippen LogP contribution in [0, 0.1) is 0 Å². The Morgan fingerprint density at radius 2 is 1.48 bits per heavy atom. The smallest absolute Gasteiger partial charge is 0.103 e. The summed E-state index contributed by atoms with van der Waals surface area (Å²) in [5.74, 6) is 0. The number of benzene rings is 1. The fourth-order valence-electron chi connectivity index (χ4n) is 4.21. The number of piperidine rings is 2. The molecule has 3 rings (SSSR count). The maximum atomic E-state index is 2.34. The predicted octanol–water partition coefficient (Wildman–Crippen LogP) is 0.865. The van der Waals surface area contributed by atoms with E-state index < -0.39 is 0 Å². The summed E-state index contributed by atoms with van der Waals surface area (Å²) in [7, 11) is 0. The maximum absolute atomic E-state index is 2.34. The van der Waals surface area contributed by atoms with Gasteiger partial charge in [0.1, 0.15) is 6.54 Å². The minimum absolute atomic E-state index is 0.969. The highest BCUT2D eigenvalue weighted by molar-refractivity contribution is 5.21. The van der Waals surface area contributed by atoms with Crippen LogP contribution >= 0.6 is 0 Å². The first-order valence-corrected chi connectivity index (χ1v) is 9.11. The first-order chi connectivity index (χ1) is 10.3. The Hall–Kier alpha value is -0.860. The molecule has 0 saturated carbocycles. The Morgan fingerprint density at radius 1 is 0.857 bits per heavy atom. The van der Waals surface area contributed by atoms with Gasteiger partial charge in [0.25, 0.3) is 0 Å². The normalized spacial score (nSPS) is 27.7. The summed E-state index contributed by atoms with van der Waals surface area (Å²) in [4.78, 5) is 3.72. The van der Waals surface area contributed by atoms with Gasteiger partial charge >= 0.3 is 0 Å². The average Bonchev–Trinajstić information content (AvgIpc) is 2.57. The molecule has 2 saturated heterocycles. The Bertz CT molecular complexity index is 412. The topological polar surface area (TPSA) is 8.88 Å². The summed E-state index contributed by atoms with van der Waals surface area (Å²) < 4.78 is 0. The summed E-state index contributed by atoms with van der Waals surface area (Å²) >= 11 is 0. The average molecular weight is 288 g/mol. The minimum atomic E-state index is 0.969. The molecule has 0 amide bonds. The van der Waals surface area contributed by atoms with E-state index >= 15 is 0 Å². The Morgan fingerprint density at radius 3 is 2.10 bits per heavy atom. The van der Waals surface area contributed by atoms with E-state index in [1.165, 1.54) is 76.0 Å². The van der Waals surface area contributed by atoms with E-state index in [1.54, 1.807) is 4.90 Å².